The van der Waals surface area contributed by atoms with Crippen molar-refractivity contribution in [3.8, 4) is 5.75 Å². The summed E-state index contributed by atoms with van der Waals surface area (Å²) in [6.07, 6.45) is 8.92. The number of carboxylic acid groups (broad SMARTS) is 2. The fourth-order valence-corrected chi connectivity index (χ4v) is 6.31. The van der Waals surface area contributed by atoms with E-state index < -0.39 is 11.9 Å². The molecule has 2 N–H and O–H groups in total. The lowest BCUT2D eigenvalue weighted by atomic mass is 9.85. The summed E-state index contributed by atoms with van der Waals surface area (Å²) < 4.78 is 6.34. The van der Waals surface area contributed by atoms with E-state index in [0.29, 0.717) is 18.6 Å². The SMILES string of the molecule is O=C(O)CCCCN(CCc1ccccc1OCc1ccc2c(c1)CCC2)[C@@H]1CCCc2cc(C(=O)O)ccc21. The standard InChI is InChI=1S/C34H39NO5/c36-33(37)13-3-4-19-35(31-11-6-10-28-22-29(34(38)39)16-17-30(28)31)20-18-26-7-1-2-12-32(26)40-23-24-14-15-25-8-5-9-27(25)21-24/h1-2,7,12,14-17,21-22,31H,3-6,8-11,13,18-20,23H2,(H,36,37)(H,38,39)/t31-/m1/s1. The van der Waals surface area contributed by atoms with Crippen LogP contribution in [0, 0.1) is 0 Å². The molecule has 0 aromatic heterocycles. The zero-order valence-corrected chi connectivity index (χ0v) is 23.1. The number of ether oxygens (including phenoxy) is 1. The number of aliphatic carboxylic acids is 1. The number of benzene rings is 3. The van der Waals surface area contributed by atoms with Gasteiger partial charge in [0.15, 0.2) is 0 Å². The van der Waals surface area contributed by atoms with E-state index in [1.165, 1.54) is 35.1 Å². The Labute approximate surface area is 236 Å². The average Bonchev–Trinajstić information content (AvgIpc) is 3.43. The van der Waals surface area contributed by atoms with Gasteiger partial charge in [-0.25, -0.2) is 4.79 Å². The van der Waals surface area contributed by atoms with Crippen LogP contribution in [0.1, 0.15) is 88.3 Å². The van der Waals surface area contributed by atoms with Crippen molar-refractivity contribution in [1.29, 1.82) is 0 Å². The number of aromatic carboxylic acids is 1. The molecule has 6 heteroatoms. The third-order valence-electron chi connectivity index (χ3n) is 8.40. The molecule has 40 heavy (non-hydrogen) atoms. The van der Waals surface area contributed by atoms with Crippen LogP contribution in [0.2, 0.25) is 0 Å². The van der Waals surface area contributed by atoms with Gasteiger partial charge in [-0.3, -0.25) is 9.69 Å². The number of aryl methyl sites for hydroxylation is 3. The van der Waals surface area contributed by atoms with Gasteiger partial charge in [-0.2, -0.15) is 0 Å². The van der Waals surface area contributed by atoms with E-state index in [9.17, 15) is 14.7 Å². The summed E-state index contributed by atoms with van der Waals surface area (Å²) in [6, 6.07) is 20.7. The predicted octanol–water partition coefficient (Wildman–Crippen LogP) is 6.63. The number of hydrogen-bond acceptors (Lipinski definition) is 4. The molecule has 0 saturated heterocycles. The van der Waals surface area contributed by atoms with Crippen LogP contribution in [0.25, 0.3) is 0 Å². The summed E-state index contributed by atoms with van der Waals surface area (Å²) in [5.74, 6) is -0.749. The highest BCUT2D eigenvalue weighted by atomic mass is 16.5. The van der Waals surface area contributed by atoms with Crippen LogP contribution in [0.4, 0.5) is 0 Å². The molecule has 0 spiro atoms. The molecule has 3 aromatic carbocycles. The Morgan fingerprint density at radius 1 is 0.850 bits per heavy atom. The summed E-state index contributed by atoms with van der Waals surface area (Å²) in [5, 5.41) is 18.6. The minimum atomic E-state index is -0.896. The monoisotopic (exact) mass is 541 g/mol. The number of rotatable bonds is 13. The van der Waals surface area contributed by atoms with Crippen molar-refractivity contribution in [3.63, 3.8) is 0 Å². The molecule has 210 valence electrons. The zero-order valence-electron chi connectivity index (χ0n) is 23.1. The lowest BCUT2D eigenvalue weighted by Crippen LogP contribution is -2.34. The van der Waals surface area contributed by atoms with Crippen LogP contribution >= 0.6 is 0 Å². The molecular weight excluding hydrogens is 502 g/mol. The first-order valence-electron chi connectivity index (χ1n) is 14.6. The highest BCUT2D eigenvalue weighted by Crippen LogP contribution is 2.36. The van der Waals surface area contributed by atoms with Crippen LogP contribution < -0.4 is 4.74 Å². The molecule has 2 aliphatic carbocycles. The molecule has 6 nitrogen and oxygen atoms in total. The van der Waals surface area contributed by atoms with Gasteiger partial charge >= 0.3 is 11.9 Å². The Kier molecular flexibility index (Phi) is 9.17. The maximum Gasteiger partial charge on any atom is 0.335 e. The fraction of sp³-hybridized carbons (Fsp3) is 0.412. The fourth-order valence-electron chi connectivity index (χ4n) is 6.31. The third kappa shape index (κ3) is 6.92. The molecule has 0 fully saturated rings. The van der Waals surface area contributed by atoms with Crippen molar-refractivity contribution in [2.45, 2.75) is 76.9 Å². The second-order valence-corrected chi connectivity index (χ2v) is 11.1. The molecular formula is C34H39NO5. The maximum absolute atomic E-state index is 11.5. The van der Waals surface area contributed by atoms with Crippen molar-refractivity contribution in [3.05, 3.63) is 99.6 Å². The lowest BCUT2D eigenvalue weighted by molar-refractivity contribution is -0.137. The number of hydrogen-bond donors (Lipinski definition) is 2. The largest absolute Gasteiger partial charge is 0.489 e. The van der Waals surface area contributed by atoms with E-state index in [1.54, 1.807) is 6.07 Å². The van der Waals surface area contributed by atoms with Gasteiger partial charge in [0.2, 0.25) is 0 Å². The number of para-hydroxylation sites is 1. The zero-order chi connectivity index (χ0) is 27.9. The van der Waals surface area contributed by atoms with E-state index in [-0.39, 0.29) is 12.5 Å². The van der Waals surface area contributed by atoms with Gasteiger partial charge in [0.1, 0.15) is 12.4 Å². The Morgan fingerprint density at radius 2 is 1.68 bits per heavy atom. The van der Waals surface area contributed by atoms with Crippen LogP contribution in [-0.2, 0) is 37.1 Å². The number of nitrogens with zero attached hydrogens (tertiary/aromatic N) is 1. The number of carbonyl (C=O) groups is 2. The van der Waals surface area contributed by atoms with Gasteiger partial charge in [0.25, 0.3) is 0 Å². The van der Waals surface area contributed by atoms with E-state index in [1.807, 2.05) is 24.3 Å². The van der Waals surface area contributed by atoms with Crippen molar-refractivity contribution in [2.75, 3.05) is 13.1 Å². The van der Waals surface area contributed by atoms with Gasteiger partial charge < -0.3 is 14.9 Å². The first-order chi connectivity index (χ1) is 19.5. The molecule has 5 rings (SSSR count). The molecule has 0 saturated carbocycles. The number of fused-ring (bicyclic) bond motifs is 2. The van der Waals surface area contributed by atoms with E-state index >= 15 is 0 Å². The number of carboxylic acids is 2. The van der Waals surface area contributed by atoms with E-state index in [4.69, 9.17) is 9.84 Å². The Morgan fingerprint density at radius 3 is 2.52 bits per heavy atom. The van der Waals surface area contributed by atoms with Crippen molar-refractivity contribution < 1.29 is 24.5 Å². The normalized spacial score (nSPS) is 16.0. The molecule has 0 aliphatic heterocycles. The highest BCUT2D eigenvalue weighted by Gasteiger charge is 2.27. The smallest absolute Gasteiger partial charge is 0.335 e. The van der Waals surface area contributed by atoms with E-state index in [0.717, 1.165) is 68.5 Å². The topological polar surface area (TPSA) is 87.1 Å². The molecule has 0 unspecified atom stereocenters. The summed E-state index contributed by atoms with van der Waals surface area (Å²) in [7, 11) is 0. The molecule has 0 bridgehead atoms. The van der Waals surface area contributed by atoms with Crippen molar-refractivity contribution in [2.24, 2.45) is 0 Å². The van der Waals surface area contributed by atoms with Crippen molar-refractivity contribution >= 4 is 11.9 Å². The second kappa shape index (κ2) is 13.1. The Balaban J connectivity index is 1.29. The summed E-state index contributed by atoms with van der Waals surface area (Å²) in [5.41, 5.74) is 7.95. The second-order valence-electron chi connectivity index (χ2n) is 11.1. The van der Waals surface area contributed by atoms with Gasteiger partial charge in [-0.15, -0.1) is 0 Å². The first kappa shape index (κ1) is 27.9. The third-order valence-corrected chi connectivity index (χ3v) is 8.40. The molecule has 1 atom stereocenters. The van der Waals surface area contributed by atoms with E-state index in [2.05, 4.69) is 35.2 Å². The minimum absolute atomic E-state index is 0.177. The molecule has 0 radical (unpaired) electrons. The summed E-state index contributed by atoms with van der Waals surface area (Å²) >= 11 is 0. The number of unbranched alkanes of at least 4 members (excludes halogenated alkanes) is 1. The van der Waals surface area contributed by atoms with Gasteiger partial charge in [-0.1, -0.05) is 42.5 Å². The average molecular weight is 542 g/mol. The minimum Gasteiger partial charge on any atom is -0.489 e. The summed E-state index contributed by atoms with van der Waals surface area (Å²) in [4.78, 5) is 25.1. The molecule has 0 amide bonds. The predicted molar refractivity (Wildman–Crippen MR) is 155 cm³/mol. The lowest BCUT2D eigenvalue weighted by Gasteiger charge is -2.36. The van der Waals surface area contributed by atoms with Gasteiger partial charge in [-0.05, 0) is 116 Å². The van der Waals surface area contributed by atoms with Crippen LogP contribution in [0.15, 0.2) is 60.7 Å². The molecule has 2 aliphatic rings. The maximum atomic E-state index is 11.5. The van der Waals surface area contributed by atoms with Crippen LogP contribution in [-0.4, -0.2) is 40.1 Å². The Bertz CT molecular complexity index is 1350. The van der Waals surface area contributed by atoms with Crippen LogP contribution in [0.3, 0.4) is 0 Å². The highest BCUT2D eigenvalue weighted by molar-refractivity contribution is 5.88. The Hall–Kier alpha value is -3.64. The van der Waals surface area contributed by atoms with Gasteiger partial charge in [0, 0.05) is 19.0 Å². The molecule has 0 heterocycles. The molecule has 3 aromatic rings. The first-order valence-corrected chi connectivity index (χ1v) is 14.6. The van der Waals surface area contributed by atoms with Crippen molar-refractivity contribution in [1.82, 2.24) is 4.90 Å². The van der Waals surface area contributed by atoms with Crippen LogP contribution in [0.5, 0.6) is 5.75 Å². The quantitative estimate of drug-likeness (QED) is 0.236. The summed E-state index contributed by atoms with van der Waals surface area (Å²) in [6.45, 7) is 2.17. The van der Waals surface area contributed by atoms with Gasteiger partial charge in [0.05, 0.1) is 5.56 Å².